The van der Waals surface area contributed by atoms with Crippen LogP contribution >= 0.6 is 0 Å². The van der Waals surface area contributed by atoms with Crippen molar-refractivity contribution in [1.29, 1.82) is 0 Å². The van der Waals surface area contributed by atoms with E-state index in [0.29, 0.717) is 19.4 Å². The lowest BCUT2D eigenvalue weighted by molar-refractivity contribution is -0.126. The van der Waals surface area contributed by atoms with Crippen LogP contribution in [0.15, 0.2) is 24.3 Å². The first-order chi connectivity index (χ1) is 11.0. The number of carbonyl (C=O) groups is 3. The number of rotatable bonds is 9. The van der Waals surface area contributed by atoms with Gasteiger partial charge in [0.05, 0.1) is 6.54 Å². The highest BCUT2D eigenvalue weighted by molar-refractivity contribution is 5.90. The van der Waals surface area contributed by atoms with Gasteiger partial charge in [0.1, 0.15) is 0 Å². The summed E-state index contributed by atoms with van der Waals surface area (Å²) in [6, 6.07) is 7.30. The molecule has 1 aromatic carbocycles. The molecule has 1 rings (SSSR count). The summed E-state index contributed by atoms with van der Waals surface area (Å²) >= 11 is 0. The molecule has 0 aliphatic carbocycles. The Kier molecular flexibility index (Phi) is 8.42. The molecule has 0 aliphatic rings. The van der Waals surface area contributed by atoms with Crippen molar-refractivity contribution in [3.8, 4) is 0 Å². The molecule has 0 saturated heterocycles. The zero-order valence-corrected chi connectivity index (χ0v) is 13.8. The molecule has 0 aliphatic heterocycles. The number of benzene rings is 1. The van der Waals surface area contributed by atoms with Crippen LogP contribution in [0.5, 0.6) is 0 Å². The van der Waals surface area contributed by atoms with E-state index in [-0.39, 0.29) is 24.3 Å². The molecule has 3 N–H and O–H groups in total. The molecule has 6 nitrogen and oxygen atoms in total. The summed E-state index contributed by atoms with van der Waals surface area (Å²) in [5, 5.41) is 8.11. The summed E-state index contributed by atoms with van der Waals surface area (Å²) < 4.78 is 0. The van der Waals surface area contributed by atoms with Crippen molar-refractivity contribution in [3.05, 3.63) is 29.8 Å². The first-order valence-corrected chi connectivity index (χ1v) is 7.97. The Bertz CT molecular complexity index is 526. The lowest BCUT2D eigenvalue weighted by atomic mass is 10.2. The van der Waals surface area contributed by atoms with Gasteiger partial charge in [-0.1, -0.05) is 26.0 Å². The minimum atomic E-state index is -0.227. The monoisotopic (exact) mass is 319 g/mol. The van der Waals surface area contributed by atoms with Gasteiger partial charge in [0, 0.05) is 25.1 Å². The third kappa shape index (κ3) is 7.99. The third-order valence-electron chi connectivity index (χ3n) is 3.13. The molecule has 1 aromatic rings. The molecule has 126 valence electrons. The van der Waals surface area contributed by atoms with Gasteiger partial charge >= 0.3 is 0 Å². The fraction of sp³-hybridized carbons (Fsp3) is 0.471. The highest BCUT2D eigenvalue weighted by atomic mass is 16.2. The van der Waals surface area contributed by atoms with Crippen molar-refractivity contribution in [3.63, 3.8) is 0 Å². The van der Waals surface area contributed by atoms with Crippen LogP contribution in [0.1, 0.15) is 45.1 Å². The topological polar surface area (TPSA) is 87.3 Å². The number of hydrogen-bond donors (Lipinski definition) is 3. The SMILES string of the molecule is CCCC(=O)NCC(=O)NCc1ccc(NC(=O)CCC)cc1. The summed E-state index contributed by atoms with van der Waals surface area (Å²) in [5.41, 5.74) is 1.66. The molecule has 6 heteroatoms. The fourth-order valence-electron chi connectivity index (χ4n) is 1.91. The predicted octanol–water partition coefficient (Wildman–Crippen LogP) is 1.96. The number of nitrogens with one attached hydrogen (secondary N) is 3. The van der Waals surface area contributed by atoms with Gasteiger partial charge in [-0.15, -0.1) is 0 Å². The summed E-state index contributed by atoms with van der Waals surface area (Å²) in [6.45, 7) is 4.24. The van der Waals surface area contributed by atoms with Gasteiger partial charge in [-0.05, 0) is 30.5 Å². The van der Waals surface area contributed by atoms with Crippen LogP contribution in [-0.4, -0.2) is 24.3 Å². The average molecular weight is 319 g/mol. The lowest BCUT2D eigenvalue weighted by Gasteiger charge is -2.08. The van der Waals surface area contributed by atoms with E-state index in [1.54, 1.807) is 12.1 Å². The van der Waals surface area contributed by atoms with E-state index in [9.17, 15) is 14.4 Å². The van der Waals surface area contributed by atoms with Crippen LogP contribution < -0.4 is 16.0 Å². The molecule has 0 spiro atoms. The van der Waals surface area contributed by atoms with E-state index in [0.717, 1.165) is 24.1 Å². The Hall–Kier alpha value is -2.37. The van der Waals surface area contributed by atoms with E-state index in [1.807, 2.05) is 26.0 Å². The highest BCUT2D eigenvalue weighted by Crippen LogP contribution is 2.10. The summed E-state index contributed by atoms with van der Waals surface area (Å²) in [7, 11) is 0. The second kappa shape index (κ2) is 10.4. The number of carbonyl (C=O) groups excluding carboxylic acids is 3. The number of anilines is 1. The van der Waals surface area contributed by atoms with Crippen LogP contribution in [0, 0.1) is 0 Å². The van der Waals surface area contributed by atoms with Crippen LogP contribution in [0.2, 0.25) is 0 Å². The maximum absolute atomic E-state index is 11.6. The van der Waals surface area contributed by atoms with Gasteiger partial charge in [-0.2, -0.15) is 0 Å². The molecule has 0 heterocycles. The summed E-state index contributed by atoms with van der Waals surface area (Å²) in [6.07, 6.45) is 2.50. The van der Waals surface area contributed by atoms with Gasteiger partial charge in [0.2, 0.25) is 17.7 Å². The van der Waals surface area contributed by atoms with Crippen molar-refractivity contribution < 1.29 is 14.4 Å². The van der Waals surface area contributed by atoms with Crippen molar-refractivity contribution in [2.24, 2.45) is 0 Å². The Labute approximate surface area is 137 Å². The number of hydrogen-bond acceptors (Lipinski definition) is 3. The third-order valence-corrected chi connectivity index (χ3v) is 3.13. The molecule has 0 saturated carbocycles. The summed E-state index contributed by atoms with van der Waals surface area (Å²) in [4.78, 5) is 34.4. The molecule has 0 bridgehead atoms. The zero-order valence-electron chi connectivity index (χ0n) is 13.8. The predicted molar refractivity (Wildman–Crippen MR) is 89.7 cm³/mol. The van der Waals surface area contributed by atoms with Crippen LogP contribution in [0.4, 0.5) is 5.69 Å². The maximum atomic E-state index is 11.6. The van der Waals surface area contributed by atoms with E-state index in [4.69, 9.17) is 0 Å². The van der Waals surface area contributed by atoms with Gasteiger partial charge in [0.15, 0.2) is 0 Å². The molecular formula is C17H25N3O3. The van der Waals surface area contributed by atoms with Crippen LogP contribution in [0.3, 0.4) is 0 Å². The van der Waals surface area contributed by atoms with E-state index >= 15 is 0 Å². The average Bonchev–Trinajstić information content (AvgIpc) is 2.53. The van der Waals surface area contributed by atoms with E-state index < -0.39 is 0 Å². The highest BCUT2D eigenvalue weighted by Gasteiger charge is 2.05. The lowest BCUT2D eigenvalue weighted by Crippen LogP contribution is -2.36. The standard InChI is InChI=1S/C17H25N3O3/c1-3-5-15(21)19-12-17(23)18-11-13-7-9-14(10-8-13)20-16(22)6-4-2/h7-10H,3-6,11-12H2,1-2H3,(H,18,23)(H,19,21)(H,20,22). The Morgan fingerprint density at radius 1 is 0.826 bits per heavy atom. The largest absolute Gasteiger partial charge is 0.350 e. The first kappa shape index (κ1) is 18.7. The smallest absolute Gasteiger partial charge is 0.239 e. The molecule has 0 fully saturated rings. The van der Waals surface area contributed by atoms with Crippen molar-refractivity contribution in [2.45, 2.75) is 46.1 Å². The second-order valence-corrected chi connectivity index (χ2v) is 5.30. The fourth-order valence-corrected chi connectivity index (χ4v) is 1.91. The minimum Gasteiger partial charge on any atom is -0.350 e. The van der Waals surface area contributed by atoms with Gasteiger partial charge in [0.25, 0.3) is 0 Å². The van der Waals surface area contributed by atoms with E-state index in [2.05, 4.69) is 16.0 Å². The Morgan fingerprint density at radius 2 is 1.43 bits per heavy atom. The van der Waals surface area contributed by atoms with Gasteiger partial charge in [-0.3, -0.25) is 14.4 Å². The number of amides is 3. The second-order valence-electron chi connectivity index (χ2n) is 5.30. The van der Waals surface area contributed by atoms with Gasteiger partial charge in [-0.25, -0.2) is 0 Å². The van der Waals surface area contributed by atoms with Gasteiger partial charge < -0.3 is 16.0 Å². The molecular weight excluding hydrogens is 294 g/mol. The maximum Gasteiger partial charge on any atom is 0.239 e. The molecule has 3 amide bonds. The van der Waals surface area contributed by atoms with E-state index in [1.165, 1.54) is 0 Å². The van der Waals surface area contributed by atoms with Crippen LogP contribution in [0.25, 0.3) is 0 Å². The quantitative estimate of drug-likeness (QED) is 0.650. The first-order valence-electron chi connectivity index (χ1n) is 7.97. The van der Waals surface area contributed by atoms with Crippen molar-refractivity contribution in [1.82, 2.24) is 10.6 Å². The molecule has 23 heavy (non-hydrogen) atoms. The normalized spacial score (nSPS) is 10.0. The molecule has 0 radical (unpaired) electrons. The molecule has 0 unspecified atom stereocenters. The zero-order chi connectivity index (χ0) is 17.1. The Morgan fingerprint density at radius 3 is 2.04 bits per heavy atom. The Balaban J connectivity index is 2.33. The summed E-state index contributed by atoms with van der Waals surface area (Å²) in [5.74, 6) is -0.346. The molecule has 0 aromatic heterocycles. The van der Waals surface area contributed by atoms with Crippen molar-refractivity contribution in [2.75, 3.05) is 11.9 Å². The minimum absolute atomic E-state index is 0.00336. The van der Waals surface area contributed by atoms with Crippen LogP contribution in [-0.2, 0) is 20.9 Å². The molecule has 0 atom stereocenters. The van der Waals surface area contributed by atoms with Crippen molar-refractivity contribution >= 4 is 23.4 Å².